The molecule has 1 N–H and O–H groups in total. The standard InChI is InChI=1S/C13H21NO2S/c1-3-16-13(6-4-10(2)5-7-13)12-14-11(8-15)9-17-12/h9-10,15H,3-8H2,1-2H3. The predicted molar refractivity (Wildman–Crippen MR) is 69.0 cm³/mol. The van der Waals surface area contributed by atoms with E-state index in [-0.39, 0.29) is 12.2 Å². The van der Waals surface area contributed by atoms with Crippen LogP contribution in [0.5, 0.6) is 0 Å². The SMILES string of the molecule is CCOC1(c2nc(CO)cs2)CCC(C)CC1. The normalized spacial score (nSPS) is 29.5. The van der Waals surface area contributed by atoms with Crippen molar-refractivity contribution in [2.75, 3.05) is 6.61 Å². The van der Waals surface area contributed by atoms with Crippen molar-refractivity contribution in [3.8, 4) is 0 Å². The van der Waals surface area contributed by atoms with Gasteiger partial charge in [0.1, 0.15) is 10.6 Å². The molecule has 17 heavy (non-hydrogen) atoms. The molecule has 0 spiro atoms. The van der Waals surface area contributed by atoms with Crippen LogP contribution in [0.3, 0.4) is 0 Å². The van der Waals surface area contributed by atoms with Gasteiger partial charge in [0.2, 0.25) is 0 Å². The Hall–Kier alpha value is -0.450. The second-order valence-electron chi connectivity index (χ2n) is 4.91. The molecule has 0 amide bonds. The topological polar surface area (TPSA) is 42.4 Å². The molecular formula is C13H21NO2S. The Morgan fingerprint density at radius 3 is 2.76 bits per heavy atom. The second-order valence-corrected chi connectivity index (χ2v) is 5.77. The second kappa shape index (κ2) is 5.46. The highest BCUT2D eigenvalue weighted by Crippen LogP contribution is 2.43. The third kappa shape index (κ3) is 2.69. The van der Waals surface area contributed by atoms with Gasteiger partial charge in [-0.2, -0.15) is 0 Å². The zero-order valence-electron chi connectivity index (χ0n) is 10.6. The summed E-state index contributed by atoms with van der Waals surface area (Å²) in [5, 5.41) is 12.1. The van der Waals surface area contributed by atoms with Gasteiger partial charge < -0.3 is 9.84 Å². The Balaban J connectivity index is 2.21. The first-order valence-electron chi connectivity index (χ1n) is 6.40. The molecule has 3 nitrogen and oxygen atoms in total. The van der Waals surface area contributed by atoms with Crippen LogP contribution in [0.15, 0.2) is 5.38 Å². The molecule has 1 aliphatic carbocycles. The van der Waals surface area contributed by atoms with E-state index in [9.17, 15) is 0 Å². The molecule has 1 saturated carbocycles. The van der Waals surface area contributed by atoms with Crippen molar-refractivity contribution in [1.82, 2.24) is 4.98 Å². The number of ether oxygens (including phenoxy) is 1. The quantitative estimate of drug-likeness (QED) is 0.899. The molecule has 0 atom stereocenters. The number of hydrogen-bond donors (Lipinski definition) is 1. The smallest absolute Gasteiger partial charge is 0.125 e. The summed E-state index contributed by atoms with van der Waals surface area (Å²) in [6, 6.07) is 0. The van der Waals surface area contributed by atoms with E-state index in [1.54, 1.807) is 11.3 Å². The fourth-order valence-electron chi connectivity index (χ4n) is 2.51. The van der Waals surface area contributed by atoms with Crippen LogP contribution in [0, 0.1) is 5.92 Å². The van der Waals surface area contributed by atoms with Gasteiger partial charge >= 0.3 is 0 Å². The molecule has 0 saturated heterocycles. The first-order valence-corrected chi connectivity index (χ1v) is 7.28. The maximum Gasteiger partial charge on any atom is 0.125 e. The van der Waals surface area contributed by atoms with Crippen molar-refractivity contribution >= 4 is 11.3 Å². The van der Waals surface area contributed by atoms with Crippen molar-refractivity contribution in [2.45, 2.75) is 51.7 Å². The van der Waals surface area contributed by atoms with Gasteiger partial charge in [-0.1, -0.05) is 6.92 Å². The molecule has 1 aromatic heterocycles. The van der Waals surface area contributed by atoms with Gasteiger partial charge in [-0.3, -0.25) is 0 Å². The molecule has 0 unspecified atom stereocenters. The molecule has 0 aromatic carbocycles. The molecule has 0 radical (unpaired) electrons. The molecule has 4 heteroatoms. The van der Waals surface area contributed by atoms with Crippen LogP contribution >= 0.6 is 11.3 Å². The minimum absolute atomic E-state index is 0.0229. The van der Waals surface area contributed by atoms with E-state index in [0.29, 0.717) is 0 Å². The van der Waals surface area contributed by atoms with Crippen molar-refractivity contribution in [1.29, 1.82) is 0 Å². The van der Waals surface area contributed by atoms with Gasteiger partial charge in [0.05, 0.1) is 12.3 Å². The van der Waals surface area contributed by atoms with Crippen LogP contribution in [0.4, 0.5) is 0 Å². The van der Waals surface area contributed by atoms with Crippen LogP contribution in [0.2, 0.25) is 0 Å². The predicted octanol–water partition coefficient (Wildman–Crippen LogP) is 3.08. The first kappa shape index (κ1) is 13.0. The van der Waals surface area contributed by atoms with Crippen LogP contribution in [-0.4, -0.2) is 16.7 Å². The number of nitrogens with zero attached hydrogens (tertiary/aromatic N) is 1. The number of aliphatic hydroxyl groups is 1. The highest BCUT2D eigenvalue weighted by molar-refractivity contribution is 7.09. The molecule has 0 aliphatic heterocycles. The van der Waals surface area contributed by atoms with Gasteiger partial charge in [0.15, 0.2) is 0 Å². The number of aliphatic hydroxyl groups excluding tert-OH is 1. The van der Waals surface area contributed by atoms with E-state index >= 15 is 0 Å². The van der Waals surface area contributed by atoms with Crippen molar-refractivity contribution in [2.24, 2.45) is 5.92 Å². The van der Waals surface area contributed by atoms with Gasteiger partial charge in [-0.25, -0.2) is 4.98 Å². The maximum atomic E-state index is 9.11. The molecule has 2 rings (SSSR count). The lowest BCUT2D eigenvalue weighted by atomic mass is 9.79. The fraction of sp³-hybridized carbons (Fsp3) is 0.769. The maximum absolute atomic E-state index is 9.11. The molecule has 1 aliphatic rings. The molecule has 0 bridgehead atoms. The molecule has 1 heterocycles. The number of rotatable bonds is 4. The minimum Gasteiger partial charge on any atom is -0.390 e. The Kier molecular flexibility index (Phi) is 4.17. The van der Waals surface area contributed by atoms with E-state index in [1.165, 1.54) is 12.8 Å². The Morgan fingerprint density at radius 1 is 1.53 bits per heavy atom. The highest BCUT2D eigenvalue weighted by atomic mass is 32.1. The molecule has 1 aromatic rings. The number of thiazole rings is 1. The first-order chi connectivity index (χ1) is 8.20. The van der Waals surface area contributed by atoms with Crippen molar-refractivity contribution < 1.29 is 9.84 Å². The third-order valence-electron chi connectivity index (χ3n) is 3.61. The molecular weight excluding hydrogens is 234 g/mol. The average Bonchev–Trinajstić information content (AvgIpc) is 2.82. The highest BCUT2D eigenvalue weighted by Gasteiger charge is 2.39. The van der Waals surface area contributed by atoms with Gasteiger partial charge in [0, 0.05) is 12.0 Å². The van der Waals surface area contributed by atoms with Gasteiger partial charge in [0.25, 0.3) is 0 Å². The Bertz CT molecular complexity index is 356. The van der Waals surface area contributed by atoms with E-state index in [1.807, 2.05) is 12.3 Å². The van der Waals surface area contributed by atoms with E-state index < -0.39 is 0 Å². The lowest BCUT2D eigenvalue weighted by Crippen LogP contribution is -2.34. The Labute approximate surface area is 107 Å². The molecule has 96 valence electrons. The zero-order valence-corrected chi connectivity index (χ0v) is 11.4. The monoisotopic (exact) mass is 255 g/mol. The van der Waals surface area contributed by atoms with Crippen LogP contribution in [-0.2, 0) is 16.9 Å². The van der Waals surface area contributed by atoms with E-state index in [4.69, 9.17) is 9.84 Å². The van der Waals surface area contributed by atoms with Crippen molar-refractivity contribution in [3.63, 3.8) is 0 Å². The summed E-state index contributed by atoms with van der Waals surface area (Å²) in [5.41, 5.74) is 0.585. The van der Waals surface area contributed by atoms with Crippen molar-refractivity contribution in [3.05, 3.63) is 16.1 Å². The van der Waals surface area contributed by atoms with Crippen LogP contribution in [0.25, 0.3) is 0 Å². The summed E-state index contributed by atoms with van der Waals surface area (Å²) in [7, 11) is 0. The molecule has 1 fully saturated rings. The summed E-state index contributed by atoms with van der Waals surface area (Å²) in [6.07, 6.45) is 4.52. The number of aromatic nitrogens is 1. The van der Waals surface area contributed by atoms with Gasteiger partial charge in [-0.15, -0.1) is 11.3 Å². The van der Waals surface area contributed by atoms with Crippen LogP contribution < -0.4 is 0 Å². The summed E-state index contributed by atoms with van der Waals surface area (Å²) < 4.78 is 6.03. The summed E-state index contributed by atoms with van der Waals surface area (Å²) >= 11 is 1.62. The van der Waals surface area contributed by atoms with E-state index in [0.717, 1.165) is 36.1 Å². The fourth-order valence-corrected chi connectivity index (χ4v) is 3.54. The lowest BCUT2D eigenvalue weighted by Gasteiger charge is -2.37. The number of hydrogen-bond acceptors (Lipinski definition) is 4. The van der Waals surface area contributed by atoms with E-state index in [2.05, 4.69) is 11.9 Å². The third-order valence-corrected chi connectivity index (χ3v) is 4.68. The summed E-state index contributed by atoms with van der Waals surface area (Å²) in [4.78, 5) is 4.51. The summed E-state index contributed by atoms with van der Waals surface area (Å²) in [5.74, 6) is 0.792. The average molecular weight is 255 g/mol. The lowest BCUT2D eigenvalue weighted by molar-refractivity contribution is -0.0777. The largest absolute Gasteiger partial charge is 0.390 e. The van der Waals surface area contributed by atoms with Crippen LogP contribution in [0.1, 0.15) is 50.2 Å². The Morgan fingerprint density at radius 2 is 2.24 bits per heavy atom. The van der Waals surface area contributed by atoms with Gasteiger partial charge in [-0.05, 0) is 38.5 Å². The minimum atomic E-state index is -0.181. The zero-order chi connectivity index (χ0) is 12.3. The summed E-state index contributed by atoms with van der Waals surface area (Å²) in [6.45, 7) is 5.09.